The zero-order valence-corrected chi connectivity index (χ0v) is 12.4. The maximum atomic E-state index is 3.91. The van der Waals surface area contributed by atoms with Gasteiger partial charge >= 0.3 is 0 Å². The van der Waals surface area contributed by atoms with Crippen molar-refractivity contribution in [3.63, 3.8) is 0 Å². The van der Waals surface area contributed by atoms with Crippen LogP contribution in [0.3, 0.4) is 0 Å². The SMILES string of the molecule is C=CC(C)C[C@H]1[C@@H](C)C1(C=C(C)C)C=C(C)C. The van der Waals surface area contributed by atoms with Gasteiger partial charge in [-0.2, -0.15) is 0 Å². The summed E-state index contributed by atoms with van der Waals surface area (Å²) in [6.45, 7) is 17.4. The first kappa shape index (κ1) is 14.3. The highest BCUT2D eigenvalue weighted by Gasteiger charge is 2.58. The minimum Gasteiger partial charge on any atom is -0.103 e. The van der Waals surface area contributed by atoms with Gasteiger partial charge in [-0.05, 0) is 51.9 Å². The van der Waals surface area contributed by atoms with Crippen molar-refractivity contribution in [2.24, 2.45) is 23.2 Å². The Morgan fingerprint density at radius 1 is 1.18 bits per heavy atom. The van der Waals surface area contributed by atoms with E-state index in [-0.39, 0.29) is 0 Å². The Morgan fingerprint density at radius 3 is 2.00 bits per heavy atom. The molecule has 1 fully saturated rings. The molecule has 0 aromatic carbocycles. The van der Waals surface area contributed by atoms with Crippen LogP contribution in [0.2, 0.25) is 0 Å². The van der Waals surface area contributed by atoms with Crippen molar-refractivity contribution in [3.8, 4) is 0 Å². The topological polar surface area (TPSA) is 0 Å². The largest absolute Gasteiger partial charge is 0.103 e. The van der Waals surface area contributed by atoms with E-state index in [2.05, 4.69) is 66.3 Å². The first-order valence-electron chi connectivity index (χ1n) is 6.78. The van der Waals surface area contributed by atoms with Gasteiger partial charge in [0, 0.05) is 5.41 Å². The molecule has 96 valence electrons. The summed E-state index contributed by atoms with van der Waals surface area (Å²) in [7, 11) is 0. The standard InChI is InChI=1S/C17H28/c1-8-14(6)9-16-15(7)17(16,10-12(2)3)11-13(4)5/h8,10-11,14-16H,1,9H2,2-7H3/t14?,15-,16+/m1/s1. The second-order valence-electron chi connectivity index (χ2n) is 6.29. The van der Waals surface area contributed by atoms with Gasteiger partial charge in [-0.25, -0.2) is 0 Å². The van der Waals surface area contributed by atoms with Crippen LogP contribution in [0.25, 0.3) is 0 Å². The van der Waals surface area contributed by atoms with E-state index in [1.54, 1.807) is 0 Å². The molecule has 0 aromatic heterocycles. The minimum atomic E-state index is 0.328. The zero-order chi connectivity index (χ0) is 13.2. The van der Waals surface area contributed by atoms with Gasteiger partial charge in [-0.3, -0.25) is 0 Å². The summed E-state index contributed by atoms with van der Waals surface area (Å²) in [5.41, 5.74) is 3.20. The summed E-state index contributed by atoms with van der Waals surface area (Å²) < 4.78 is 0. The van der Waals surface area contributed by atoms with Crippen LogP contribution in [0.4, 0.5) is 0 Å². The van der Waals surface area contributed by atoms with E-state index in [1.165, 1.54) is 17.6 Å². The highest BCUT2D eigenvalue weighted by molar-refractivity contribution is 5.31. The van der Waals surface area contributed by atoms with Gasteiger partial charge in [0.1, 0.15) is 0 Å². The molecule has 1 unspecified atom stereocenters. The predicted molar refractivity (Wildman–Crippen MR) is 77.9 cm³/mol. The molecule has 1 aliphatic carbocycles. The fourth-order valence-electron chi connectivity index (χ4n) is 3.13. The smallest absolute Gasteiger partial charge is 0.0126 e. The molecule has 1 saturated carbocycles. The van der Waals surface area contributed by atoms with E-state index in [0.717, 1.165) is 11.8 Å². The van der Waals surface area contributed by atoms with Gasteiger partial charge < -0.3 is 0 Å². The van der Waals surface area contributed by atoms with Crippen LogP contribution in [-0.4, -0.2) is 0 Å². The summed E-state index contributed by atoms with van der Waals surface area (Å²) in [6, 6.07) is 0. The fourth-order valence-corrected chi connectivity index (χ4v) is 3.13. The molecular weight excluding hydrogens is 204 g/mol. The van der Waals surface area contributed by atoms with Crippen molar-refractivity contribution in [3.05, 3.63) is 36.0 Å². The molecule has 0 saturated heterocycles. The molecule has 0 heterocycles. The summed E-state index contributed by atoms with van der Waals surface area (Å²) in [5, 5.41) is 0. The molecule has 0 spiro atoms. The molecule has 1 rings (SSSR count). The van der Waals surface area contributed by atoms with E-state index in [0.29, 0.717) is 11.3 Å². The third-order valence-corrected chi connectivity index (χ3v) is 4.03. The van der Waals surface area contributed by atoms with Crippen LogP contribution >= 0.6 is 0 Å². The first-order valence-corrected chi connectivity index (χ1v) is 6.78. The fraction of sp³-hybridized carbons (Fsp3) is 0.647. The normalized spacial score (nSPS) is 26.9. The molecule has 0 aliphatic heterocycles. The van der Waals surface area contributed by atoms with Crippen LogP contribution in [0.5, 0.6) is 0 Å². The summed E-state index contributed by atoms with van der Waals surface area (Å²) in [5.74, 6) is 2.19. The van der Waals surface area contributed by atoms with Crippen LogP contribution in [0, 0.1) is 23.2 Å². The Morgan fingerprint density at radius 2 is 1.65 bits per heavy atom. The lowest BCUT2D eigenvalue weighted by atomic mass is 9.93. The van der Waals surface area contributed by atoms with E-state index < -0.39 is 0 Å². The molecule has 0 radical (unpaired) electrons. The number of hydrogen-bond acceptors (Lipinski definition) is 0. The monoisotopic (exact) mass is 232 g/mol. The third kappa shape index (κ3) is 3.12. The number of allylic oxidation sites excluding steroid dienone is 5. The predicted octanol–water partition coefficient (Wildman–Crippen LogP) is 5.38. The van der Waals surface area contributed by atoms with Gasteiger partial charge in [-0.15, -0.1) is 6.58 Å². The second-order valence-corrected chi connectivity index (χ2v) is 6.29. The Kier molecular flexibility index (Phi) is 4.41. The van der Waals surface area contributed by atoms with Crippen molar-refractivity contribution in [2.75, 3.05) is 0 Å². The third-order valence-electron chi connectivity index (χ3n) is 4.03. The van der Waals surface area contributed by atoms with Crippen LogP contribution < -0.4 is 0 Å². The number of rotatable bonds is 5. The second kappa shape index (κ2) is 5.25. The van der Waals surface area contributed by atoms with Crippen molar-refractivity contribution < 1.29 is 0 Å². The summed E-state index contributed by atoms with van der Waals surface area (Å²) in [6.07, 6.45) is 8.30. The first-order chi connectivity index (χ1) is 7.83. The zero-order valence-electron chi connectivity index (χ0n) is 12.4. The molecule has 3 atom stereocenters. The van der Waals surface area contributed by atoms with Gasteiger partial charge in [0.25, 0.3) is 0 Å². The van der Waals surface area contributed by atoms with Crippen molar-refractivity contribution >= 4 is 0 Å². The van der Waals surface area contributed by atoms with E-state index in [4.69, 9.17) is 0 Å². The molecule has 0 heteroatoms. The molecule has 0 bridgehead atoms. The van der Waals surface area contributed by atoms with Crippen molar-refractivity contribution in [1.82, 2.24) is 0 Å². The molecule has 0 aromatic rings. The average Bonchev–Trinajstić information content (AvgIpc) is 2.69. The molecule has 17 heavy (non-hydrogen) atoms. The molecule has 1 aliphatic rings. The lowest BCUT2D eigenvalue weighted by Crippen LogP contribution is -2.01. The summed E-state index contributed by atoms with van der Waals surface area (Å²) >= 11 is 0. The average molecular weight is 232 g/mol. The minimum absolute atomic E-state index is 0.328. The maximum Gasteiger partial charge on any atom is 0.0126 e. The lowest BCUT2D eigenvalue weighted by Gasteiger charge is -2.12. The van der Waals surface area contributed by atoms with Crippen LogP contribution in [0.15, 0.2) is 36.0 Å². The molecular formula is C17H28. The molecule has 0 nitrogen and oxygen atoms in total. The highest BCUT2D eigenvalue weighted by Crippen LogP contribution is 2.64. The van der Waals surface area contributed by atoms with Gasteiger partial charge in [0.05, 0.1) is 0 Å². The Hall–Kier alpha value is -0.780. The van der Waals surface area contributed by atoms with Crippen LogP contribution in [0.1, 0.15) is 48.0 Å². The Balaban J connectivity index is 2.92. The molecule has 0 N–H and O–H groups in total. The highest BCUT2D eigenvalue weighted by atomic mass is 14.6. The maximum absolute atomic E-state index is 3.91. The Bertz CT molecular complexity index is 317. The van der Waals surface area contributed by atoms with Crippen molar-refractivity contribution in [1.29, 1.82) is 0 Å². The van der Waals surface area contributed by atoms with Crippen LogP contribution in [-0.2, 0) is 0 Å². The number of hydrogen-bond donors (Lipinski definition) is 0. The van der Waals surface area contributed by atoms with Gasteiger partial charge in [-0.1, -0.05) is 43.2 Å². The van der Waals surface area contributed by atoms with Crippen molar-refractivity contribution in [2.45, 2.75) is 48.0 Å². The van der Waals surface area contributed by atoms with Gasteiger partial charge in [0.15, 0.2) is 0 Å². The van der Waals surface area contributed by atoms with E-state index >= 15 is 0 Å². The lowest BCUT2D eigenvalue weighted by molar-refractivity contribution is 0.537. The van der Waals surface area contributed by atoms with Gasteiger partial charge in [0.2, 0.25) is 0 Å². The summed E-state index contributed by atoms with van der Waals surface area (Å²) in [4.78, 5) is 0. The Labute approximate surface area is 108 Å². The molecule has 0 amide bonds. The quantitative estimate of drug-likeness (QED) is 0.558. The van der Waals surface area contributed by atoms with E-state index in [1.807, 2.05) is 0 Å². The van der Waals surface area contributed by atoms with E-state index in [9.17, 15) is 0 Å².